The lowest BCUT2D eigenvalue weighted by molar-refractivity contribution is -0.140. The van der Waals surface area contributed by atoms with Crippen molar-refractivity contribution in [2.75, 3.05) is 58.4 Å². The summed E-state index contributed by atoms with van der Waals surface area (Å²) < 4.78 is 9.99. The largest absolute Gasteiger partial charge is 0.497 e. The van der Waals surface area contributed by atoms with Gasteiger partial charge in [0.2, 0.25) is 0 Å². The second kappa shape index (κ2) is 11.3. The Morgan fingerprint density at radius 2 is 1.96 bits per heavy atom. The van der Waals surface area contributed by atoms with Crippen LogP contribution in [-0.4, -0.2) is 70.3 Å². The van der Waals surface area contributed by atoms with E-state index in [1.54, 1.807) is 7.11 Å². The molecule has 0 unspecified atom stereocenters. The smallest absolute Gasteiger partial charge is 0.305 e. The summed E-state index contributed by atoms with van der Waals surface area (Å²) in [5, 5.41) is 3.38. The van der Waals surface area contributed by atoms with E-state index in [-0.39, 0.29) is 5.97 Å². The third-order valence-electron chi connectivity index (χ3n) is 4.61. The van der Waals surface area contributed by atoms with Crippen LogP contribution in [0, 0.1) is 0 Å². The van der Waals surface area contributed by atoms with E-state index in [1.807, 2.05) is 12.1 Å². The van der Waals surface area contributed by atoms with Gasteiger partial charge in [-0.3, -0.25) is 9.79 Å². The maximum atomic E-state index is 11.2. The Balaban J connectivity index is 1.84. The van der Waals surface area contributed by atoms with Gasteiger partial charge in [0.1, 0.15) is 5.75 Å². The number of nitrogens with zero attached hydrogens (tertiary/aromatic N) is 3. The molecule has 1 aliphatic rings. The summed E-state index contributed by atoms with van der Waals surface area (Å²) in [5.41, 5.74) is 1.19. The zero-order valence-electron chi connectivity index (χ0n) is 16.7. The van der Waals surface area contributed by atoms with Crippen molar-refractivity contribution in [2.24, 2.45) is 4.99 Å². The van der Waals surface area contributed by atoms with E-state index in [4.69, 9.17) is 9.73 Å². The molecule has 1 saturated heterocycles. The summed E-state index contributed by atoms with van der Waals surface area (Å²) in [5.74, 6) is 1.69. The molecule has 2 rings (SSSR count). The number of hydrogen-bond donors (Lipinski definition) is 1. The van der Waals surface area contributed by atoms with E-state index >= 15 is 0 Å². The van der Waals surface area contributed by atoms with Gasteiger partial charge in [-0.2, -0.15) is 0 Å². The minimum absolute atomic E-state index is 0.153. The Kier molecular flexibility index (Phi) is 8.74. The molecule has 0 amide bonds. The quantitative estimate of drug-likeness (QED) is 0.324. The molecular weight excluding hydrogens is 344 g/mol. The molecule has 0 bridgehead atoms. The number of esters is 1. The van der Waals surface area contributed by atoms with Crippen LogP contribution in [0.15, 0.2) is 29.3 Å². The van der Waals surface area contributed by atoms with Crippen molar-refractivity contribution in [3.63, 3.8) is 0 Å². The van der Waals surface area contributed by atoms with Crippen LogP contribution >= 0.6 is 0 Å². The number of piperazine rings is 1. The van der Waals surface area contributed by atoms with Gasteiger partial charge in [-0.25, -0.2) is 0 Å². The van der Waals surface area contributed by atoms with Crippen LogP contribution in [0.1, 0.15) is 26.2 Å². The Hall–Kier alpha value is -2.44. The molecule has 1 aliphatic heterocycles. The van der Waals surface area contributed by atoms with E-state index < -0.39 is 0 Å². The molecule has 0 saturated carbocycles. The van der Waals surface area contributed by atoms with Crippen LogP contribution in [0.4, 0.5) is 5.69 Å². The van der Waals surface area contributed by atoms with Gasteiger partial charge in [0.15, 0.2) is 5.96 Å². The molecule has 1 fully saturated rings. The molecule has 0 aliphatic carbocycles. The minimum atomic E-state index is -0.153. The number of hydrogen-bond acceptors (Lipinski definition) is 5. The van der Waals surface area contributed by atoms with Crippen molar-refractivity contribution in [1.82, 2.24) is 10.2 Å². The van der Waals surface area contributed by atoms with Gasteiger partial charge in [-0.15, -0.1) is 0 Å². The molecule has 1 N–H and O–H groups in total. The first-order valence-electron chi connectivity index (χ1n) is 9.67. The predicted octanol–water partition coefficient (Wildman–Crippen LogP) is 2.13. The number of ether oxygens (including phenoxy) is 2. The summed E-state index contributed by atoms with van der Waals surface area (Å²) >= 11 is 0. The first kappa shape index (κ1) is 20.9. The van der Waals surface area contributed by atoms with E-state index in [1.165, 1.54) is 12.8 Å². The number of unbranched alkanes of at least 4 members (excludes halogenated alkanes) is 1. The number of rotatable bonds is 8. The number of carbonyl (C=O) groups excluding carboxylic acids is 1. The third-order valence-corrected chi connectivity index (χ3v) is 4.61. The van der Waals surface area contributed by atoms with Crippen LogP contribution in [0.3, 0.4) is 0 Å². The van der Waals surface area contributed by atoms with Crippen molar-refractivity contribution in [3.8, 4) is 5.75 Å². The lowest BCUT2D eigenvalue weighted by atomic mass is 10.2. The van der Waals surface area contributed by atoms with Gasteiger partial charge in [-0.05, 0) is 31.9 Å². The lowest BCUT2D eigenvalue weighted by Crippen LogP contribution is -2.52. The lowest BCUT2D eigenvalue weighted by Gasteiger charge is -2.37. The highest BCUT2D eigenvalue weighted by Crippen LogP contribution is 2.22. The van der Waals surface area contributed by atoms with Gasteiger partial charge in [0.25, 0.3) is 0 Å². The van der Waals surface area contributed by atoms with Gasteiger partial charge in [0, 0.05) is 57.4 Å². The average molecular weight is 377 g/mol. The van der Waals surface area contributed by atoms with Crippen molar-refractivity contribution in [1.29, 1.82) is 0 Å². The highest BCUT2D eigenvalue weighted by Gasteiger charge is 2.20. The molecule has 27 heavy (non-hydrogen) atoms. The summed E-state index contributed by atoms with van der Waals surface area (Å²) in [6.45, 7) is 7.38. The van der Waals surface area contributed by atoms with Crippen molar-refractivity contribution in [2.45, 2.75) is 26.2 Å². The molecule has 1 aromatic rings. The summed E-state index contributed by atoms with van der Waals surface area (Å²) in [4.78, 5) is 20.6. The molecule has 150 valence electrons. The molecule has 1 heterocycles. The average Bonchev–Trinajstić information content (AvgIpc) is 2.72. The Bertz CT molecular complexity index is 613. The SMILES string of the molecule is CCNC(=NCCCCC(=O)OC)N1CCN(c2cccc(OC)c2)CC1. The summed E-state index contributed by atoms with van der Waals surface area (Å²) in [6, 6.07) is 8.20. The maximum Gasteiger partial charge on any atom is 0.305 e. The number of nitrogens with one attached hydrogen (secondary N) is 1. The number of anilines is 1. The normalized spacial score (nSPS) is 14.9. The molecule has 0 aromatic heterocycles. The van der Waals surface area contributed by atoms with Crippen LogP contribution in [-0.2, 0) is 9.53 Å². The first-order chi connectivity index (χ1) is 13.2. The number of guanidine groups is 1. The van der Waals surface area contributed by atoms with Gasteiger partial charge in [-0.1, -0.05) is 6.07 Å². The van der Waals surface area contributed by atoms with E-state index in [0.29, 0.717) is 6.42 Å². The standard InChI is InChI=1S/C20H32N4O3/c1-4-21-20(22-11-6-5-10-19(25)27-3)24-14-12-23(13-15-24)17-8-7-9-18(16-17)26-2/h7-9,16H,4-6,10-15H2,1-3H3,(H,21,22). The van der Waals surface area contributed by atoms with E-state index in [9.17, 15) is 4.79 Å². The molecule has 0 atom stereocenters. The fourth-order valence-corrected chi connectivity index (χ4v) is 3.08. The Morgan fingerprint density at radius 1 is 1.19 bits per heavy atom. The number of carbonyl (C=O) groups is 1. The molecular formula is C20H32N4O3. The number of aliphatic imine (C=N–C) groups is 1. The van der Waals surface area contributed by atoms with Crippen LogP contribution in [0.25, 0.3) is 0 Å². The highest BCUT2D eigenvalue weighted by atomic mass is 16.5. The van der Waals surface area contributed by atoms with Crippen molar-refractivity contribution < 1.29 is 14.3 Å². The molecule has 7 heteroatoms. The number of methoxy groups -OCH3 is 2. The minimum Gasteiger partial charge on any atom is -0.497 e. The Morgan fingerprint density at radius 3 is 2.63 bits per heavy atom. The van der Waals surface area contributed by atoms with Crippen LogP contribution in [0.2, 0.25) is 0 Å². The van der Waals surface area contributed by atoms with Crippen molar-refractivity contribution >= 4 is 17.6 Å². The van der Waals surface area contributed by atoms with Gasteiger partial charge in [0.05, 0.1) is 14.2 Å². The predicted molar refractivity (Wildman–Crippen MR) is 109 cm³/mol. The fraction of sp³-hybridized carbons (Fsp3) is 0.600. The monoisotopic (exact) mass is 376 g/mol. The zero-order valence-corrected chi connectivity index (χ0v) is 16.7. The molecule has 0 spiro atoms. The van der Waals surface area contributed by atoms with Crippen LogP contribution < -0.4 is 15.0 Å². The zero-order chi connectivity index (χ0) is 19.5. The fourth-order valence-electron chi connectivity index (χ4n) is 3.08. The summed E-state index contributed by atoms with van der Waals surface area (Å²) in [6.07, 6.45) is 2.15. The molecule has 1 aromatic carbocycles. The second-order valence-electron chi connectivity index (χ2n) is 6.44. The van der Waals surface area contributed by atoms with Crippen molar-refractivity contribution in [3.05, 3.63) is 24.3 Å². The highest BCUT2D eigenvalue weighted by molar-refractivity contribution is 5.80. The van der Waals surface area contributed by atoms with E-state index in [2.05, 4.69) is 38.9 Å². The van der Waals surface area contributed by atoms with E-state index in [0.717, 1.165) is 63.8 Å². The Labute approximate surface area is 162 Å². The second-order valence-corrected chi connectivity index (χ2v) is 6.44. The third kappa shape index (κ3) is 6.66. The molecule has 0 radical (unpaired) electrons. The van der Waals surface area contributed by atoms with Crippen LogP contribution in [0.5, 0.6) is 5.75 Å². The van der Waals surface area contributed by atoms with Gasteiger partial charge >= 0.3 is 5.97 Å². The number of benzene rings is 1. The first-order valence-corrected chi connectivity index (χ1v) is 9.67. The van der Waals surface area contributed by atoms with Gasteiger partial charge < -0.3 is 24.6 Å². The maximum absolute atomic E-state index is 11.2. The topological polar surface area (TPSA) is 66.4 Å². The summed E-state index contributed by atoms with van der Waals surface area (Å²) in [7, 11) is 3.12. The molecule has 7 nitrogen and oxygen atoms in total.